The highest BCUT2D eigenvalue weighted by Crippen LogP contribution is 2.51. The van der Waals surface area contributed by atoms with Crippen LogP contribution in [0, 0.1) is 5.82 Å². The Morgan fingerprint density at radius 3 is 2.52 bits per heavy atom. The van der Waals surface area contributed by atoms with E-state index in [1.165, 1.54) is 11.1 Å². The van der Waals surface area contributed by atoms with Crippen molar-refractivity contribution in [1.82, 2.24) is 10.6 Å². The van der Waals surface area contributed by atoms with E-state index in [4.69, 9.17) is 11.6 Å². The molecule has 0 spiro atoms. The third kappa shape index (κ3) is 2.64. The summed E-state index contributed by atoms with van der Waals surface area (Å²) in [4.78, 5) is 4.66. The summed E-state index contributed by atoms with van der Waals surface area (Å²) in [5.41, 5.74) is 4.20. The van der Waals surface area contributed by atoms with Crippen molar-refractivity contribution in [3.63, 3.8) is 0 Å². The molecule has 6 heteroatoms. The van der Waals surface area contributed by atoms with Crippen molar-refractivity contribution in [3.05, 3.63) is 58.4 Å². The molecule has 0 radical (unpaired) electrons. The van der Waals surface area contributed by atoms with Crippen LogP contribution in [-0.2, 0) is 12.0 Å². The van der Waals surface area contributed by atoms with Crippen molar-refractivity contribution in [2.24, 2.45) is 0 Å². The lowest BCUT2D eigenvalue weighted by molar-refractivity contribution is 0.350. The summed E-state index contributed by atoms with van der Waals surface area (Å²) in [5, 5.41) is 7.21. The molecule has 2 saturated heterocycles. The Morgan fingerprint density at radius 1 is 1.00 bits per heavy atom. The summed E-state index contributed by atoms with van der Waals surface area (Å²) in [7, 11) is 0. The molecule has 0 bridgehead atoms. The van der Waals surface area contributed by atoms with E-state index in [1.807, 2.05) is 6.07 Å². The first-order chi connectivity index (χ1) is 13.2. The smallest absolute Gasteiger partial charge is 0.145 e. The van der Waals surface area contributed by atoms with E-state index in [-0.39, 0.29) is 16.4 Å². The zero-order chi connectivity index (χ0) is 18.4. The summed E-state index contributed by atoms with van der Waals surface area (Å²) in [6, 6.07) is 12.3. The van der Waals surface area contributed by atoms with Crippen molar-refractivity contribution in [2.45, 2.75) is 12.0 Å². The molecule has 2 fully saturated rings. The number of halogens is 2. The van der Waals surface area contributed by atoms with Crippen LogP contribution in [0.3, 0.4) is 0 Å². The van der Waals surface area contributed by atoms with Gasteiger partial charge in [-0.1, -0.05) is 41.9 Å². The minimum atomic E-state index is -0.314. The van der Waals surface area contributed by atoms with E-state index in [9.17, 15) is 4.39 Å². The number of anilines is 2. The van der Waals surface area contributed by atoms with Gasteiger partial charge >= 0.3 is 0 Å². The molecule has 0 aromatic heterocycles. The molecule has 1 atom stereocenters. The van der Waals surface area contributed by atoms with Crippen LogP contribution in [0.2, 0.25) is 5.02 Å². The van der Waals surface area contributed by atoms with Crippen LogP contribution in [0.25, 0.3) is 0 Å². The standard InChI is InChI=1S/C21H24ClFN4/c22-19-17(23)12-18-16(20(19)26-9-6-24-7-10-26)13-21(14-25-8-11-27(18)21)15-4-2-1-3-5-15/h1-5,12,24-25H,6-11,13-14H2. The number of piperazine rings is 2. The highest BCUT2D eigenvalue weighted by atomic mass is 35.5. The van der Waals surface area contributed by atoms with Gasteiger partial charge in [0.2, 0.25) is 0 Å². The molecular formula is C21H24ClFN4. The van der Waals surface area contributed by atoms with Gasteiger partial charge in [0.25, 0.3) is 0 Å². The van der Waals surface area contributed by atoms with E-state index in [0.29, 0.717) is 0 Å². The maximum absolute atomic E-state index is 14.9. The second-order valence-corrected chi connectivity index (χ2v) is 8.04. The summed E-state index contributed by atoms with van der Waals surface area (Å²) in [6.07, 6.45) is 0.846. The monoisotopic (exact) mass is 386 g/mol. The van der Waals surface area contributed by atoms with Crippen molar-refractivity contribution >= 4 is 23.0 Å². The molecule has 2 N–H and O–H groups in total. The van der Waals surface area contributed by atoms with Gasteiger partial charge < -0.3 is 20.4 Å². The van der Waals surface area contributed by atoms with Crippen LogP contribution in [0.5, 0.6) is 0 Å². The number of nitrogens with one attached hydrogen (secondary N) is 2. The van der Waals surface area contributed by atoms with Crippen molar-refractivity contribution < 1.29 is 4.39 Å². The molecule has 0 saturated carbocycles. The zero-order valence-electron chi connectivity index (χ0n) is 15.3. The molecule has 0 aliphatic carbocycles. The third-order valence-corrected chi connectivity index (χ3v) is 6.59. The molecule has 3 heterocycles. The predicted octanol–water partition coefficient (Wildman–Crippen LogP) is 2.75. The molecule has 3 aliphatic rings. The van der Waals surface area contributed by atoms with Crippen molar-refractivity contribution in [1.29, 1.82) is 0 Å². The fourth-order valence-corrected chi connectivity index (χ4v) is 5.26. The first-order valence-corrected chi connectivity index (χ1v) is 10.1. The minimum Gasteiger partial charge on any atom is -0.367 e. The van der Waals surface area contributed by atoms with Crippen LogP contribution in [0.4, 0.5) is 15.8 Å². The Labute approximate surface area is 164 Å². The Morgan fingerprint density at radius 2 is 1.74 bits per heavy atom. The molecule has 142 valence electrons. The molecular weight excluding hydrogens is 363 g/mol. The SMILES string of the molecule is Fc1cc2c(c(N3CCNCC3)c1Cl)CC1(c3ccccc3)CNCCN21. The third-order valence-electron chi connectivity index (χ3n) is 6.23. The number of rotatable bonds is 2. The van der Waals surface area contributed by atoms with Gasteiger partial charge in [0.15, 0.2) is 0 Å². The van der Waals surface area contributed by atoms with Gasteiger partial charge in [0.05, 0.1) is 11.2 Å². The molecule has 1 unspecified atom stereocenters. The molecule has 5 rings (SSSR count). The van der Waals surface area contributed by atoms with E-state index in [2.05, 4.69) is 44.7 Å². The van der Waals surface area contributed by atoms with Crippen molar-refractivity contribution in [3.8, 4) is 0 Å². The first-order valence-electron chi connectivity index (χ1n) is 9.71. The largest absolute Gasteiger partial charge is 0.367 e. The second-order valence-electron chi connectivity index (χ2n) is 7.66. The summed E-state index contributed by atoms with van der Waals surface area (Å²) in [5.74, 6) is -0.314. The number of benzene rings is 2. The number of nitrogens with zero attached hydrogens (tertiary/aromatic N) is 2. The molecule has 0 amide bonds. The molecule has 2 aromatic carbocycles. The fourth-order valence-electron chi connectivity index (χ4n) is 4.98. The Hall–Kier alpha value is -1.82. The van der Waals surface area contributed by atoms with E-state index in [1.54, 1.807) is 6.07 Å². The maximum atomic E-state index is 14.9. The molecule has 27 heavy (non-hydrogen) atoms. The summed E-state index contributed by atoms with van der Waals surface area (Å²) < 4.78 is 14.9. The van der Waals surface area contributed by atoms with Crippen LogP contribution in [0.15, 0.2) is 36.4 Å². The second kappa shape index (κ2) is 6.66. The van der Waals surface area contributed by atoms with Gasteiger partial charge in [0, 0.05) is 63.5 Å². The molecule has 3 aliphatic heterocycles. The van der Waals surface area contributed by atoms with E-state index >= 15 is 0 Å². The fraction of sp³-hybridized carbons (Fsp3) is 0.429. The minimum absolute atomic E-state index is 0.179. The van der Waals surface area contributed by atoms with Gasteiger partial charge in [-0.15, -0.1) is 0 Å². The van der Waals surface area contributed by atoms with E-state index in [0.717, 1.165) is 63.6 Å². The molecule has 4 nitrogen and oxygen atoms in total. The van der Waals surface area contributed by atoms with E-state index < -0.39 is 0 Å². The van der Waals surface area contributed by atoms with Crippen LogP contribution in [0.1, 0.15) is 11.1 Å². The van der Waals surface area contributed by atoms with Crippen molar-refractivity contribution in [2.75, 3.05) is 55.6 Å². The lowest BCUT2D eigenvalue weighted by atomic mass is 9.84. The zero-order valence-corrected chi connectivity index (χ0v) is 16.0. The van der Waals surface area contributed by atoms with Gasteiger partial charge in [-0.2, -0.15) is 0 Å². The lowest BCUT2D eigenvalue weighted by Crippen LogP contribution is -2.57. The molecule has 2 aromatic rings. The number of hydrogen-bond acceptors (Lipinski definition) is 4. The average molecular weight is 387 g/mol. The Kier molecular flexibility index (Phi) is 4.26. The van der Waals surface area contributed by atoms with Gasteiger partial charge in [-0.25, -0.2) is 4.39 Å². The van der Waals surface area contributed by atoms with Crippen LogP contribution >= 0.6 is 11.6 Å². The summed E-state index contributed by atoms with van der Waals surface area (Å²) in [6.45, 7) is 6.13. The Bertz CT molecular complexity index is 853. The average Bonchev–Trinajstić information content (AvgIpc) is 3.05. The lowest BCUT2D eigenvalue weighted by Gasteiger charge is -2.45. The topological polar surface area (TPSA) is 30.5 Å². The normalized spacial score (nSPS) is 24.7. The summed E-state index contributed by atoms with van der Waals surface area (Å²) >= 11 is 6.53. The maximum Gasteiger partial charge on any atom is 0.145 e. The van der Waals surface area contributed by atoms with Gasteiger partial charge in [-0.05, 0) is 11.6 Å². The van der Waals surface area contributed by atoms with Gasteiger partial charge in [0.1, 0.15) is 10.8 Å². The van der Waals surface area contributed by atoms with Crippen LogP contribution in [-0.4, -0.2) is 45.8 Å². The number of hydrogen-bond donors (Lipinski definition) is 2. The first kappa shape index (κ1) is 17.3. The number of fused-ring (bicyclic) bond motifs is 3. The van der Waals surface area contributed by atoms with Gasteiger partial charge in [-0.3, -0.25) is 0 Å². The quantitative estimate of drug-likeness (QED) is 0.831. The highest BCUT2D eigenvalue weighted by Gasteiger charge is 2.48. The van der Waals surface area contributed by atoms with Crippen LogP contribution < -0.4 is 20.4 Å². The Balaban J connectivity index is 1.67. The predicted molar refractivity (Wildman–Crippen MR) is 109 cm³/mol. The highest BCUT2D eigenvalue weighted by molar-refractivity contribution is 6.33.